The van der Waals surface area contributed by atoms with Crippen LogP contribution in [-0.2, 0) is 6.54 Å². The van der Waals surface area contributed by atoms with Gasteiger partial charge in [-0.15, -0.1) is 0 Å². The number of aromatic nitrogens is 1. The average molecular weight is 263 g/mol. The van der Waals surface area contributed by atoms with Gasteiger partial charge in [0.25, 0.3) is 5.91 Å². The third kappa shape index (κ3) is 1.83. The monoisotopic (exact) mass is 263 g/mol. The summed E-state index contributed by atoms with van der Waals surface area (Å²) in [6.45, 7) is 2.22. The second kappa shape index (κ2) is 4.38. The van der Waals surface area contributed by atoms with Gasteiger partial charge in [0.15, 0.2) is 11.4 Å². The van der Waals surface area contributed by atoms with E-state index in [1.807, 2.05) is 7.05 Å². The molecule has 6 nitrogen and oxygen atoms in total. The van der Waals surface area contributed by atoms with Crippen molar-refractivity contribution in [2.75, 3.05) is 20.1 Å². The summed E-state index contributed by atoms with van der Waals surface area (Å²) in [6, 6.07) is 1.30. The third-order valence-electron chi connectivity index (χ3n) is 4.00. The summed E-state index contributed by atoms with van der Waals surface area (Å²) in [5.74, 6) is -0.682. The number of carbonyl (C=O) groups excluding carboxylic acids is 1. The third-order valence-corrected chi connectivity index (χ3v) is 4.00. The fourth-order valence-corrected chi connectivity index (χ4v) is 2.91. The first kappa shape index (κ1) is 12.2. The molecule has 0 spiro atoms. The number of aromatic hydroxyl groups is 1. The molecule has 0 bridgehead atoms. The van der Waals surface area contributed by atoms with E-state index in [0.29, 0.717) is 13.1 Å². The molecule has 1 fully saturated rings. The van der Waals surface area contributed by atoms with Crippen LogP contribution in [0.2, 0.25) is 0 Å². The van der Waals surface area contributed by atoms with E-state index in [-0.39, 0.29) is 17.8 Å². The van der Waals surface area contributed by atoms with Crippen molar-refractivity contribution < 1.29 is 9.90 Å². The summed E-state index contributed by atoms with van der Waals surface area (Å²) < 4.78 is 1.68. The van der Waals surface area contributed by atoms with Crippen LogP contribution in [0.25, 0.3) is 0 Å². The summed E-state index contributed by atoms with van der Waals surface area (Å²) in [5, 5.41) is 9.85. The lowest BCUT2D eigenvalue weighted by atomic mass is 10.1. The normalized spacial score (nSPS) is 23.7. The summed E-state index contributed by atoms with van der Waals surface area (Å²) in [4.78, 5) is 27.9. The van der Waals surface area contributed by atoms with Crippen LogP contribution in [0.5, 0.6) is 5.75 Å². The van der Waals surface area contributed by atoms with Crippen molar-refractivity contribution in [2.24, 2.45) is 0 Å². The molecule has 1 amide bonds. The molecule has 1 saturated heterocycles. The molecule has 102 valence electrons. The van der Waals surface area contributed by atoms with Crippen molar-refractivity contribution in [3.63, 3.8) is 0 Å². The molecular formula is C13H17N3O3. The van der Waals surface area contributed by atoms with Gasteiger partial charge in [0, 0.05) is 18.8 Å². The molecule has 1 N–H and O–H groups in total. The molecule has 3 heterocycles. The van der Waals surface area contributed by atoms with Gasteiger partial charge in [0.1, 0.15) is 6.17 Å². The Morgan fingerprint density at radius 3 is 2.79 bits per heavy atom. The van der Waals surface area contributed by atoms with Crippen LogP contribution in [-0.4, -0.2) is 51.7 Å². The Kier molecular flexibility index (Phi) is 2.82. The van der Waals surface area contributed by atoms with E-state index in [9.17, 15) is 14.7 Å². The Bertz CT molecular complexity index is 581. The molecule has 0 aromatic carbocycles. The number of hydrogen-bond donors (Lipinski definition) is 1. The first-order chi connectivity index (χ1) is 9.09. The second-order valence-electron chi connectivity index (χ2n) is 5.20. The molecule has 1 atom stereocenters. The predicted molar refractivity (Wildman–Crippen MR) is 69.1 cm³/mol. The lowest BCUT2D eigenvalue weighted by Crippen LogP contribution is -2.55. The Hall–Kier alpha value is -1.82. The molecule has 6 heteroatoms. The zero-order valence-corrected chi connectivity index (χ0v) is 10.9. The number of carbonyl (C=O) groups is 1. The fourth-order valence-electron chi connectivity index (χ4n) is 2.91. The summed E-state index contributed by atoms with van der Waals surface area (Å²) in [5.41, 5.74) is -0.375. The minimum Gasteiger partial charge on any atom is -0.503 e. The van der Waals surface area contributed by atoms with Gasteiger partial charge < -0.3 is 14.6 Å². The highest BCUT2D eigenvalue weighted by Gasteiger charge is 2.37. The molecule has 1 aromatic heterocycles. The topological polar surface area (TPSA) is 65.8 Å². The minimum absolute atomic E-state index is 0.00408. The lowest BCUT2D eigenvalue weighted by molar-refractivity contribution is 0.0305. The van der Waals surface area contributed by atoms with Gasteiger partial charge in [-0.3, -0.25) is 14.5 Å². The van der Waals surface area contributed by atoms with Gasteiger partial charge in [-0.1, -0.05) is 0 Å². The molecule has 3 rings (SSSR count). The predicted octanol–water partition coefficient (Wildman–Crippen LogP) is 0.0614. The first-order valence-electron chi connectivity index (χ1n) is 6.53. The van der Waals surface area contributed by atoms with Crippen LogP contribution in [0, 0.1) is 0 Å². The van der Waals surface area contributed by atoms with Crippen LogP contribution < -0.4 is 5.43 Å². The van der Waals surface area contributed by atoms with E-state index >= 15 is 0 Å². The van der Waals surface area contributed by atoms with E-state index < -0.39 is 11.2 Å². The van der Waals surface area contributed by atoms with Crippen molar-refractivity contribution >= 4 is 5.91 Å². The Labute approximate surface area is 110 Å². The van der Waals surface area contributed by atoms with Gasteiger partial charge >= 0.3 is 0 Å². The van der Waals surface area contributed by atoms with E-state index in [1.165, 1.54) is 6.07 Å². The number of amides is 1. The standard InChI is InChI=1S/C13H17N3O3/c1-14-5-2-3-6-16-10(14)8-15-7-4-9(17)12(18)11(15)13(16)19/h4,7,10,18H,2-3,5-6,8H2,1H3. The molecule has 2 aliphatic rings. The van der Waals surface area contributed by atoms with Gasteiger partial charge in [-0.05, 0) is 26.4 Å². The van der Waals surface area contributed by atoms with Crippen LogP contribution in [0.1, 0.15) is 23.3 Å². The van der Waals surface area contributed by atoms with E-state index in [4.69, 9.17) is 0 Å². The summed E-state index contributed by atoms with van der Waals surface area (Å²) in [7, 11) is 2.00. The summed E-state index contributed by atoms with van der Waals surface area (Å²) in [6.07, 6.45) is 3.59. The molecular weight excluding hydrogens is 246 g/mol. The van der Waals surface area contributed by atoms with Crippen molar-refractivity contribution in [3.8, 4) is 5.75 Å². The number of likely N-dealkylation sites (N-methyl/N-ethyl adjacent to an activating group) is 1. The van der Waals surface area contributed by atoms with E-state index in [1.54, 1.807) is 15.7 Å². The maximum absolute atomic E-state index is 12.5. The van der Waals surface area contributed by atoms with Crippen molar-refractivity contribution in [1.82, 2.24) is 14.4 Å². The Morgan fingerprint density at radius 1 is 1.26 bits per heavy atom. The molecule has 19 heavy (non-hydrogen) atoms. The van der Waals surface area contributed by atoms with Crippen molar-refractivity contribution in [3.05, 3.63) is 28.2 Å². The van der Waals surface area contributed by atoms with Crippen LogP contribution >= 0.6 is 0 Å². The lowest BCUT2D eigenvalue weighted by Gasteiger charge is -2.40. The van der Waals surface area contributed by atoms with Crippen molar-refractivity contribution in [2.45, 2.75) is 25.6 Å². The number of rotatable bonds is 0. The van der Waals surface area contributed by atoms with Crippen LogP contribution in [0.15, 0.2) is 17.1 Å². The maximum atomic E-state index is 12.5. The van der Waals surface area contributed by atoms with Gasteiger partial charge in [0.2, 0.25) is 5.43 Å². The molecule has 0 aliphatic carbocycles. The van der Waals surface area contributed by atoms with Crippen molar-refractivity contribution in [1.29, 1.82) is 0 Å². The molecule has 0 saturated carbocycles. The van der Waals surface area contributed by atoms with Gasteiger partial charge in [-0.2, -0.15) is 0 Å². The SMILES string of the molecule is CN1CCCCN2C(=O)c3c(O)c(=O)ccn3CC12. The van der Waals surface area contributed by atoms with E-state index in [2.05, 4.69) is 4.90 Å². The Morgan fingerprint density at radius 2 is 2.00 bits per heavy atom. The van der Waals surface area contributed by atoms with Gasteiger partial charge in [-0.25, -0.2) is 0 Å². The fraction of sp³-hybridized carbons (Fsp3) is 0.538. The maximum Gasteiger partial charge on any atom is 0.275 e. The molecule has 1 unspecified atom stereocenters. The molecule has 1 aromatic rings. The number of pyridine rings is 1. The van der Waals surface area contributed by atoms with Crippen LogP contribution in [0.4, 0.5) is 0 Å². The highest BCUT2D eigenvalue weighted by Crippen LogP contribution is 2.25. The smallest absolute Gasteiger partial charge is 0.275 e. The largest absolute Gasteiger partial charge is 0.503 e. The molecule has 0 radical (unpaired) electrons. The summed E-state index contributed by atoms with van der Waals surface area (Å²) >= 11 is 0. The average Bonchev–Trinajstić information content (AvgIpc) is 2.57. The highest BCUT2D eigenvalue weighted by atomic mass is 16.3. The number of fused-ring (bicyclic) bond motifs is 2. The zero-order valence-electron chi connectivity index (χ0n) is 10.9. The number of nitrogens with zero attached hydrogens (tertiary/aromatic N) is 3. The molecule has 2 aliphatic heterocycles. The Balaban J connectivity index is 2.10. The van der Waals surface area contributed by atoms with Crippen LogP contribution in [0.3, 0.4) is 0 Å². The zero-order chi connectivity index (χ0) is 13.6. The first-order valence-corrected chi connectivity index (χ1v) is 6.53. The minimum atomic E-state index is -0.499. The van der Waals surface area contributed by atoms with Gasteiger partial charge in [0.05, 0.1) is 6.54 Å². The van der Waals surface area contributed by atoms with E-state index in [0.717, 1.165) is 19.4 Å². The number of hydrogen-bond acceptors (Lipinski definition) is 4. The highest BCUT2D eigenvalue weighted by molar-refractivity contribution is 5.96. The second-order valence-corrected chi connectivity index (χ2v) is 5.20. The quantitative estimate of drug-likeness (QED) is 0.719.